The Bertz CT molecular complexity index is 1030. The number of aromatic nitrogens is 3. The van der Waals surface area contributed by atoms with Crippen LogP contribution in [0.25, 0.3) is 11.2 Å². The van der Waals surface area contributed by atoms with Gasteiger partial charge in [-0.1, -0.05) is 30.3 Å². The van der Waals surface area contributed by atoms with Gasteiger partial charge < -0.3 is 18.9 Å². The molecule has 1 amide bonds. The molecule has 150 valence electrons. The first-order valence-corrected chi connectivity index (χ1v) is 9.43. The molecule has 0 saturated carbocycles. The quantitative estimate of drug-likeness (QED) is 0.628. The van der Waals surface area contributed by atoms with Crippen molar-refractivity contribution in [1.29, 1.82) is 0 Å². The standard InChI is InChI=1S/C21H22N4O4/c1-14-18(21(27)28-2)25(8-9-29-14)20(26)16-10-17-19(22-11-16)24(13-23-17)12-15-6-4-3-5-7-15/h3-7,10-11,13-14,18H,8-9,12H2,1-2H3/t14-,18+/m1/s1. The molecule has 4 rings (SSSR count). The largest absolute Gasteiger partial charge is 0.467 e. The van der Waals surface area contributed by atoms with Crippen LogP contribution < -0.4 is 0 Å². The van der Waals surface area contributed by atoms with Gasteiger partial charge in [0.25, 0.3) is 5.91 Å². The summed E-state index contributed by atoms with van der Waals surface area (Å²) < 4.78 is 12.3. The zero-order chi connectivity index (χ0) is 20.4. The van der Waals surface area contributed by atoms with E-state index in [9.17, 15) is 9.59 Å². The minimum atomic E-state index is -0.785. The minimum absolute atomic E-state index is 0.289. The predicted molar refractivity (Wildman–Crippen MR) is 105 cm³/mol. The molecule has 0 radical (unpaired) electrons. The van der Waals surface area contributed by atoms with Gasteiger partial charge in [-0.3, -0.25) is 4.79 Å². The molecule has 3 aromatic rings. The first-order chi connectivity index (χ1) is 14.1. The Balaban J connectivity index is 1.60. The van der Waals surface area contributed by atoms with Gasteiger partial charge in [0.2, 0.25) is 0 Å². The summed E-state index contributed by atoms with van der Waals surface area (Å²) in [5.74, 6) is -0.783. The molecule has 0 aliphatic carbocycles. The van der Waals surface area contributed by atoms with Crippen molar-refractivity contribution in [1.82, 2.24) is 19.4 Å². The fourth-order valence-corrected chi connectivity index (χ4v) is 3.62. The summed E-state index contributed by atoms with van der Waals surface area (Å²) in [5, 5.41) is 0. The van der Waals surface area contributed by atoms with Crippen molar-refractivity contribution in [3.8, 4) is 0 Å². The number of imidazole rings is 1. The van der Waals surface area contributed by atoms with Crippen molar-refractivity contribution < 1.29 is 19.1 Å². The summed E-state index contributed by atoms with van der Waals surface area (Å²) in [4.78, 5) is 35.7. The monoisotopic (exact) mass is 394 g/mol. The molecule has 0 N–H and O–H groups in total. The number of carbonyl (C=O) groups excluding carboxylic acids is 2. The molecule has 3 heterocycles. The topological polar surface area (TPSA) is 86.6 Å². The van der Waals surface area contributed by atoms with E-state index < -0.39 is 18.1 Å². The lowest BCUT2D eigenvalue weighted by Crippen LogP contribution is -2.56. The normalized spacial score (nSPS) is 19.3. The molecule has 1 fully saturated rings. The van der Waals surface area contributed by atoms with E-state index in [4.69, 9.17) is 9.47 Å². The zero-order valence-electron chi connectivity index (χ0n) is 16.3. The highest BCUT2D eigenvalue weighted by Gasteiger charge is 2.39. The van der Waals surface area contributed by atoms with E-state index >= 15 is 0 Å². The van der Waals surface area contributed by atoms with Gasteiger partial charge in [-0.05, 0) is 18.6 Å². The second-order valence-corrected chi connectivity index (χ2v) is 6.97. The van der Waals surface area contributed by atoms with E-state index in [2.05, 4.69) is 9.97 Å². The number of pyridine rings is 1. The van der Waals surface area contributed by atoms with Gasteiger partial charge >= 0.3 is 5.97 Å². The Morgan fingerprint density at radius 1 is 1.24 bits per heavy atom. The summed E-state index contributed by atoms with van der Waals surface area (Å²) >= 11 is 0. The molecule has 29 heavy (non-hydrogen) atoms. The van der Waals surface area contributed by atoms with Crippen molar-refractivity contribution in [2.75, 3.05) is 20.3 Å². The van der Waals surface area contributed by atoms with Crippen molar-refractivity contribution in [2.24, 2.45) is 0 Å². The maximum Gasteiger partial charge on any atom is 0.331 e. The molecule has 8 nitrogen and oxygen atoms in total. The average molecular weight is 394 g/mol. The number of fused-ring (bicyclic) bond motifs is 1. The molecular weight excluding hydrogens is 372 g/mol. The van der Waals surface area contributed by atoms with Crippen molar-refractivity contribution in [2.45, 2.75) is 25.6 Å². The lowest BCUT2D eigenvalue weighted by Gasteiger charge is -2.37. The SMILES string of the molecule is COC(=O)[C@@H]1[C@@H](C)OCCN1C(=O)c1cnc2c(c1)ncn2Cc1ccccc1. The van der Waals surface area contributed by atoms with Crippen LogP contribution in [0.2, 0.25) is 0 Å². The number of amides is 1. The molecule has 8 heteroatoms. The number of morpholine rings is 1. The summed E-state index contributed by atoms with van der Waals surface area (Å²) in [7, 11) is 1.30. The molecule has 1 aromatic carbocycles. The Morgan fingerprint density at radius 3 is 2.79 bits per heavy atom. The lowest BCUT2D eigenvalue weighted by atomic mass is 10.1. The maximum absolute atomic E-state index is 13.1. The van der Waals surface area contributed by atoms with Gasteiger partial charge in [-0.25, -0.2) is 14.8 Å². The van der Waals surface area contributed by atoms with Crippen LogP contribution in [0.1, 0.15) is 22.8 Å². The van der Waals surface area contributed by atoms with Crippen molar-refractivity contribution >= 4 is 23.0 Å². The van der Waals surface area contributed by atoms with Gasteiger partial charge in [-0.15, -0.1) is 0 Å². The van der Waals surface area contributed by atoms with Crippen LogP contribution in [0.5, 0.6) is 0 Å². The third kappa shape index (κ3) is 3.71. The fraction of sp³-hybridized carbons (Fsp3) is 0.333. The number of methoxy groups -OCH3 is 1. The number of nitrogens with zero attached hydrogens (tertiary/aromatic N) is 4. The highest BCUT2D eigenvalue weighted by Crippen LogP contribution is 2.20. The Labute approximate surface area is 168 Å². The molecule has 0 unspecified atom stereocenters. The molecule has 0 bridgehead atoms. The van der Waals surface area contributed by atoms with Gasteiger partial charge in [-0.2, -0.15) is 0 Å². The van der Waals surface area contributed by atoms with Crippen LogP contribution in [0.3, 0.4) is 0 Å². The summed E-state index contributed by atoms with van der Waals surface area (Å²) in [6, 6.07) is 10.9. The summed E-state index contributed by atoms with van der Waals surface area (Å²) in [6.45, 7) is 3.07. The Morgan fingerprint density at radius 2 is 2.03 bits per heavy atom. The van der Waals surface area contributed by atoms with Crippen LogP contribution in [0, 0.1) is 0 Å². The van der Waals surface area contributed by atoms with Gasteiger partial charge in [0.15, 0.2) is 11.7 Å². The number of ether oxygens (including phenoxy) is 2. The molecular formula is C21H22N4O4. The number of carbonyl (C=O) groups is 2. The number of esters is 1. The minimum Gasteiger partial charge on any atom is -0.467 e. The van der Waals surface area contributed by atoms with Gasteiger partial charge in [0, 0.05) is 12.7 Å². The molecule has 0 spiro atoms. The molecule has 1 aliphatic heterocycles. The molecule has 1 saturated heterocycles. The van der Waals surface area contributed by atoms with E-state index in [1.165, 1.54) is 18.2 Å². The summed E-state index contributed by atoms with van der Waals surface area (Å²) in [5.41, 5.74) is 2.84. The second-order valence-electron chi connectivity index (χ2n) is 6.97. The third-order valence-corrected chi connectivity index (χ3v) is 5.10. The van der Waals surface area contributed by atoms with E-state index in [1.54, 1.807) is 19.3 Å². The predicted octanol–water partition coefficient (Wildman–Crippen LogP) is 1.88. The average Bonchev–Trinajstić information content (AvgIpc) is 3.15. The van der Waals surface area contributed by atoms with E-state index in [0.29, 0.717) is 36.4 Å². The molecule has 1 aliphatic rings. The van der Waals surface area contributed by atoms with Crippen LogP contribution in [0.4, 0.5) is 0 Å². The number of benzene rings is 1. The van der Waals surface area contributed by atoms with Crippen LogP contribution in [-0.2, 0) is 20.8 Å². The molecule has 2 aromatic heterocycles. The van der Waals surface area contributed by atoms with E-state index in [-0.39, 0.29) is 5.91 Å². The third-order valence-electron chi connectivity index (χ3n) is 5.10. The highest BCUT2D eigenvalue weighted by molar-refractivity contribution is 5.98. The zero-order valence-corrected chi connectivity index (χ0v) is 16.3. The van der Waals surface area contributed by atoms with E-state index in [1.807, 2.05) is 34.9 Å². The highest BCUT2D eigenvalue weighted by atomic mass is 16.5. The summed E-state index contributed by atoms with van der Waals surface area (Å²) in [6.07, 6.45) is 2.80. The Kier molecular flexibility index (Phi) is 5.26. The van der Waals surface area contributed by atoms with Gasteiger partial charge in [0.05, 0.1) is 38.3 Å². The number of hydrogen-bond donors (Lipinski definition) is 0. The smallest absolute Gasteiger partial charge is 0.331 e. The fourth-order valence-electron chi connectivity index (χ4n) is 3.62. The molecule has 2 atom stereocenters. The maximum atomic E-state index is 13.1. The van der Waals surface area contributed by atoms with Crippen LogP contribution in [0.15, 0.2) is 48.9 Å². The van der Waals surface area contributed by atoms with Crippen LogP contribution >= 0.6 is 0 Å². The lowest BCUT2D eigenvalue weighted by molar-refractivity contribution is -0.156. The number of rotatable bonds is 4. The van der Waals surface area contributed by atoms with Crippen LogP contribution in [-0.4, -0.2) is 63.7 Å². The second kappa shape index (κ2) is 8.00. The first-order valence-electron chi connectivity index (χ1n) is 9.43. The van der Waals surface area contributed by atoms with E-state index in [0.717, 1.165) is 5.56 Å². The number of hydrogen-bond acceptors (Lipinski definition) is 6. The van der Waals surface area contributed by atoms with Gasteiger partial charge in [0.1, 0.15) is 5.52 Å². The van der Waals surface area contributed by atoms with Crippen molar-refractivity contribution in [3.63, 3.8) is 0 Å². The van der Waals surface area contributed by atoms with Crippen molar-refractivity contribution in [3.05, 3.63) is 60.0 Å². The first kappa shape index (κ1) is 19.1. The Hall–Kier alpha value is -3.26.